The molecule has 2 amide bonds. The average molecular weight is 226 g/mol. The van der Waals surface area contributed by atoms with Crippen molar-refractivity contribution >= 4 is 6.03 Å². The first-order chi connectivity index (χ1) is 7.66. The van der Waals surface area contributed by atoms with Crippen LogP contribution in [0.15, 0.2) is 0 Å². The van der Waals surface area contributed by atoms with Gasteiger partial charge in [0, 0.05) is 26.2 Å². The summed E-state index contributed by atoms with van der Waals surface area (Å²) >= 11 is 0. The fourth-order valence-corrected chi connectivity index (χ4v) is 2.53. The summed E-state index contributed by atoms with van der Waals surface area (Å²) in [7, 11) is 0. The van der Waals surface area contributed by atoms with Crippen molar-refractivity contribution in [2.45, 2.75) is 38.7 Å². The lowest BCUT2D eigenvalue weighted by Crippen LogP contribution is -2.50. The molecule has 0 saturated carbocycles. The fraction of sp³-hybridized carbons (Fsp3) is 0.917. The lowest BCUT2D eigenvalue weighted by Gasteiger charge is -2.37. The molecule has 2 fully saturated rings. The number of aliphatic hydroxyl groups is 1. The zero-order valence-electron chi connectivity index (χ0n) is 10.1. The molecule has 2 heterocycles. The monoisotopic (exact) mass is 226 g/mol. The van der Waals surface area contributed by atoms with E-state index >= 15 is 0 Å². The molecule has 4 nitrogen and oxygen atoms in total. The molecule has 0 aromatic rings. The van der Waals surface area contributed by atoms with Crippen molar-refractivity contribution in [1.29, 1.82) is 0 Å². The van der Waals surface area contributed by atoms with E-state index in [0.717, 1.165) is 51.2 Å². The van der Waals surface area contributed by atoms with E-state index in [4.69, 9.17) is 0 Å². The number of hydrogen-bond acceptors (Lipinski definition) is 2. The number of carbonyl (C=O) groups excluding carboxylic acids is 1. The van der Waals surface area contributed by atoms with Gasteiger partial charge < -0.3 is 14.9 Å². The number of likely N-dealkylation sites (tertiary alicyclic amines) is 2. The predicted molar refractivity (Wildman–Crippen MR) is 62.2 cm³/mol. The Bertz CT molecular complexity index is 249. The molecule has 4 heteroatoms. The minimum Gasteiger partial charge on any atom is -0.391 e. The Morgan fingerprint density at radius 2 is 1.81 bits per heavy atom. The summed E-state index contributed by atoms with van der Waals surface area (Å²) in [5, 5.41) is 9.56. The Balaban J connectivity index is 1.86. The second kappa shape index (κ2) is 5.04. The van der Waals surface area contributed by atoms with E-state index in [1.165, 1.54) is 0 Å². The quantitative estimate of drug-likeness (QED) is 0.676. The van der Waals surface area contributed by atoms with Crippen LogP contribution in [0.5, 0.6) is 0 Å². The molecule has 1 unspecified atom stereocenters. The summed E-state index contributed by atoms with van der Waals surface area (Å²) in [6, 6.07) is 0.130. The highest BCUT2D eigenvalue weighted by Gasteiger charge is 2.27. The van der Waals surface area contributed by atoms with Crippen LogP contribution in [0.4, 0.5) is 4.79 Å². The third-order valence-corrected chi connectivity index (χ3v) is 3.72. The third-order valence-electron chi connectivity index (χ3n) is 3.72. The molecular weight excluding hydrogens is 204 g/mol. The minimum atomic E-state index is -0.318. The van der Waals surface area contributed by atoms with Gasteiger partial charge in [-0.15, -0.1) is 0 Å². The highest BCUT2D eigenvalue weighted by molar-refractivity contribution is 5.74. The van der Waals surface area contributed by atoms with Crippen molar-refractivity contribution in [2.24, 2.45) is 5.92 Å². The van der Waals surface area contributed by atoms with E-state index < -0.39 is 0 Å². The molecule has 0 radical (unpaired) electrons. The van der Waals surface area contributed by atoms with Crippen LogP contribution >= 0.6 is 0 Å². The highest BCUT2D eigenvalue weighted by Crippen LogP contribution is 2.19. The molecule has 2 saturated heterocycles. The van der Waals surface area contributed by atoms with Crippen LogP contribution in [0.3, 0.4) is 0 Å². The Morgan fingerprint density at radius 1 is 1.12 bits per heavy atom. The Hall–Kier alpha value is -0.770. The maximum absolute atomic E-state index is 12.1. The second-order valence-electron chi connectivity index (χ2n) is 5.19. The van der Waals surface area contributed by atoms with Crippen molar-refractivity contribution in [1.82, 2.24) is 9.80 Å². The Morgan fingerprint density at radius 3 is 2.44 bits per heavy atom. The molecule has 2 rings (SSSR count). The molecule has 92 valence electrons. The molecule has 0 spiro atoms. The van der Waals surface area contributed by atoms with Crippen molar-refractivity contribution in [2.75, 3.05) is 26.2 Å². The van der Waals surface area contributed by atoms with Gasteiger partial charge in [0.05, 0.1) is 6.10 Å². The average Bonchev–Trinajstić information content (AvgIpc) is 2.29. The fourth-order valence-electron chi connectivity index (χ4n) is 2.53. The lowest BCUT2D eigenvalue weighted by atomic mass is 9.99. The number of carbonyl (C=O) groups is 1. The van der Waals surface area contributed by atoms with Gasteiger partial charge in [-0.1, -0.05) is 6.92 Å². The Labute approximate surface area is 97.2 Å². The van der Waals surface area contributed by atoms with Gasteiger partial charge in [0.15, 0.2) is 0 Å². The number of aliphatic hydroxyl groups excluding tert-OH is 1. The van der Waals surface area contributed by atoms with Gasteiger partial charge >= 0.3 is 6.03 Å². The largest absolute Gasteiger partial charge is 0.391 e. The van der Waals surface area contributed by atoms with Crippen molar-refractivity contribution in [3.63, 3.8) is 0 Å². The molecule has 0 aromatic carbocycles. The zero-order valence-corrected chi connectivity index (χ0v) is 10.1. The standard InChI is InChI=1S/C12H22N2O2/c1-10-4-7-13(8-5-10)12(16)14-6-2-3-11(15)9-14/h10-11,15H,2-9H2,1H3. The summed E-state index contributed by atoms with van der Waals surface area (Å²) in [4.78, 5) is 15.9. The Kier molecular flexibility index (Phi) is 3.69. The van der Waals surface area contributed by atoms with Crippen molar-refractivity contribution in [3.05, 3.63) is 0 Å². The first-order valence-corrected chi connectivity index (χ1v) is 6.38. The zero-order chi connectivity index (χ0) is 11.5. The number of nitrogens with zero attached hydrogens (tertiary/aromatic N) is 2. The molecule has 2 aliphatic heterocycles. The number of β-amino-alcohol motifs (C(OH)–C–C–N with tert-alkyl or cyclic N) is 1. The third kappa shape index (κ3) is 2.67. The summed E-state index contributed by atoms with van der Waals surface area (Å²) in [6.07, 6.45) is 3.67. The maximum Gasteiger partial charge on any atom is 0.320 e. The topological polar surface area (TPSA) is 43.8 Å². The van der Waals surface area contributed by atoms with E-state index in [1.807, 2.05) is 9.80 Å². The smallest absolute Gasteiger partial charge is 0.320 e. The number of hydrogen-bond donors (Lipinski definition) is 1. The van der Waals surface area contributed by atoms with Gasteiger partial charge in [-0.05, 0) is 31.6 Å². The van der Waals surface area contributed by atoms with Gasteiger partial charge in [0.25, 0.3) is 0 Å². The molecule has 0 aromatic heterocycles. The lowest BCUT2D eigenvalue weighted by molar-refractivity contribution is 0.0664. The number of urea groups is 1. The van der Waals surface area contributed by atoms with Gasteiger partial charge in [0.1, 0.15) is 0 Å². The number of amides is 2. The van der Waals surface area contributed by atoms with Gasteiger partial charge in [-0.3, -0.25) is 0 Å². The van der Waals surface area contributed by atoms with Gasteiger partial charge in [0.2, 0.25) is 0 Å². The predicted octanol–water partition coefficient (Wildman–Crippen LogP) is 1.30. The summed E-state index contributed by atoms with van der Waals surface area (Å²) < 4.78 is 0. The van der Waals surface area contributed by atoms with Gasteiger partial charge in [-0.25, -0.2) is 4.79 Å². The normalized spacial score (nSPS) is 28.2. The first kappa shape index (κ1) is 11.7. The van der Waals surface area contributed by atoms with Crippen molar-refractivity contribution in [3.8, 4) is 0 Å². The van der Waals surface area contributed by atoms with Gasteiger partial charge in [-0.2, -0.15) is 0 Å². The molecule has 1 N–H and O–H groups in total. The van der Waals surface area contributed by atoms with E-state index in [1.54, 1.807) is 0 Å². The summed E-state index contributed by atoms with van der Waals surface area (Å²) in [6.45, 7) is 5.33. The number of rotatable bonds is 0. The molecule has 2 aliphatic rings. The molecule has 1 atom stereocenters. The number of piperidine rings is 2. The van der Waals surface area contributed by atoms with Crippen LogP contribution in [0, 0.1) is 5.92 Å². The van der Waals surface area contributed by atoms with E-state index in [9.17, 15) is 9.90 Å². The highest BCUT2D eigenvalue weighted by atomic mass is 16.3. The van der Waals surface area contributed by atoms with E-state index in [-0.39, 0.29) is 12.1 Å². The minimum absolute atomic E-state index is 0.130. The summed E-state index contributed by atoms with van der Waals surface area (Å²) in [5.74, 6) is 0.746. The SMILES string of the molecule is CC1CCN(C(=O)N2CCCC(O)C2)CC1. The van der Waals surface area contributed by atoms with Crippen molar-refractivity contribution < 1.29 is 9.90 Å². The maximum atomic E-state index is 12.1. The van der Waals surface area contributed by atoms with Crippen LogP contribution in [0.2, 0.25) is 0 Å². The molecule has 0 aliphatic carbocycles. The van der Waals surface area contributed by atoms with Crippen LogP contribution in [-0.2, 0) is 0 Å². The summed E-state index contributed by atoms with van der Waals surface area (Å²) in [5.41, 5.74) is 0. The molecule has 16 heavy (non-hydrogen) atoms. The second-order valence-corrected chi connectivity index (χ2v) is 5.19. The van der Waals surface area contributed by atoms with Crippen LogP contribution in [0.25, 0.3) is 0 Å². The van der Waals surface area contributed by atoms with Crippen LogP contribution in [-0.4, -0.2) is 53.2 Å². The van der Waals surface area contributed by atoms with E-state index in [0.29, 0.717) is 6.54 Å². The molecular formula is C12H22N2O2. The molecule has 0 bridgehead atoms. The van der Waals surface area contributed by atoms with Crippen LogP contribution < -0.4 is 0 Å². The van der Waals surface area contributed by atoms with E-state index in [2.05, 4.69) is 6.92 Å². The first-order valence-electron chi connectivity index (χ1n) is 6.38. The van der Waals surface area contributed by atoms with Crippen LogP contribution in [0.1, 0.15) is 32.6 Å².